The third-order valence-corrected chi connectivity index (χ3v) is 2.93. The maximum absolute atomic E-state index is 11.6. The van der Waals surface area contributed by atoms with Gasteiger partial charge in [0, 0.05) is 24.0 Å². The number of aliphatic imine (C=N–C) groups is 1. The number of carbonyl (C=O) groups is 2. The second-order valence-corrected chi connectivity index (χ2v) is 5.79. The Morgan fingerprint density at radius 3 is 2.55 bits per heavy atom. The highest BCUT2D eigenvalue weighted by Gasteiger charge is 2.27. The van der Waals surface area contributed by atoms with Crippen molar-refractivity contribution in [1.29, 1.82) is 0 Å². The molecule has 1 saturated heterocycles. The van der Waals surface area contributed by atoms with Crippen LogP contribution in [0.5, 0.6) is 0 Å². The molecule has 0 aromatic carbocycles. The first-order chi connectivity index (χ1) is 9.24. The molecule has 1 unspecified atom stereocenters. The molecule has 0 aromatic rings. The first-order valence-corrected chi connectivity index (χ1v) is 6.60. The van der Waals surface area contributed by atoms with Gasteiger partial charge in [0.25, 0.3) is 5.91 Å². The normalized spacial score (nSPS) is 21.5. The second-order valence-electron chi connectivity index (χ2n) is 5.79. The minimum Gasteiger partial charge on any atom is -0.485 e. The summed E-state index contributed by atoms with van der Waals surface area (Å²) < 4.78 is 5.55. The number of hydrogen-bond donors (Lipinski definition) is 1. The molecule has 0 spiro atoms. The van der Waals surface area contributed by atoms with Gasteiger partial charge in [0.2, 0.25) is 5.91 Å². The molecule has 0 bridgehead atoms. The number of ether oxygens (including phenoxy) is 1. The molecular formula is C15H22N2O3. The first-order valence-electron chi connectivity index (χ1n) is 6.60. The van der Waals surface area contributed by atoms with Crippen molar-refractivity contribution >= 4 is 18.5 Å². The smallest absolute Gasteiger partial charge is 0.267 e. The summed E-state index contributed by atoms with van der Waals surface area (Å²) >= 11 is 0. The minimum absolute atomic E-state index is 0.104. The van der Waals surface area contributed by atoms with E-state index in [4.69, 9.17) is 4.74 Å². The van der Waals surface area contributed by atoms with Crippen LogP contribution in [-0.4, -0.2) is 24.6 Å². The topological polar surface area (TPSA) is 67.8 Å². The number of nitrogens with one attached hydrogen (secondary N) is 1. The molecule has 110 valence electrons. The van der Waals surface area contributed by atoms with Crippen molar-refractivity contribution < 1.29 is 14.3 Å². The summed E-state index contributed by atoms with van der Waals surface area (Å²) in [5.41, 5.74) is 0.733. The molecule has 1 fully saturated rings. The van der Waals surface area contributed by atoms with E-state index < -0.39 is 6.10 Å². The molecule has 0 aliphatic carbocycles. The monoisotopic (exact) mass is 278 g/mol. The van der Waals surface area contributed by atoms with E-state index in [1.807, 2.05) is 26.8 Å². The lowest BCUT2D eigenvalue weighted by molar-refractivity contribution is -0.141. The summed E-state index contributed by atoms with van der Waals surface area (Å²) in [6.07, 6.45) is 3.70. The van der Waals surface area contributed by atoms with Gasteiger partial charge >= 0.3 is 0 Å². The Kier molecular flexibility index (Phi) is 5.25. The molecule has 5 heteroatoms. The van der Waals surface area contributed by atoms with Crippen LogP contribution >= 0.6 is 0 Å². The largest absolute Gasteiger partial charge is 0.485 e. The summed E-state index contributed by atoms with van der Waals surface area (Å²) in [6.45, 7) is 11.4. The summed E-state index contributed by atoms with van der Waals surface area (Å²) in [7, 11) is 0. The standard InChI is InChI=1S/C15H22N2O3/c1-10(6-8-12(16-5)15(2,3)4)20-11-7-9-13(18)17-14(11)19/h6,8,11H,5,7,9H2,1-4H3,(H,17,18,19)/b10-6+,12-8-. The molecule has 0 radical (unpaired) electrons. The fraction of sp³-hybridized carbons (Fsp3) is 0.533. The predicted octanol–water partition coefficient (Wildman–Crippen LogP) is 2.34. The van der Waals surface area contributed by atoms with Crippen LogP contribution in [-0.2, 0) is 14.3 Å². The van der Waals surface area contributed by atoms with Crippen molar-refractivity contribution in [1.82, 2.24) is 5.32 Å². The third kappa shape index (κ3) is 4.64. The average Bonchev–Trinajstić information content (AvgIpc) is 2.32. The van der Waals surface area contributed by atoms with Gasteiger partial charge in [-0.3, -0.25) is 19.9 Å². The lowest BCUT2D eigenvalue weighted by Gasteiger charge is -2.22. The number of rotatable bonds is 4. The van der Waals surface area contributed by atoms with Crippen molar-refractivity contribution in [2.45, 2.75) is 46.6 Å². The lowest BCUT2D eigenvalue weighted by atomic mass is 9.92. The summed E-state index contributed by atoms with van der Waals surface area (Å²) in [5, 5.41) is 2.26. The van der Waals surface area contributed by atoms with E-state index in [1.165, 1.54) is 0 Å². The Morgan fingerprint density at radius 1 is 1.40 bits per heavy atom. The maximum Gasteiger partial charge on any atom is 0.267 e. The van der Waals surface area contributed by atoms with Crippen LogP contribution in [0.3, 0.4) is 0 Å². The number of piperidine rings is 1. The van der Waals surface area contributed by atoms with Gasteiger partial charge < -0.3 is 4.74 Å². The van der Waals surface area contributed by atoms with Crippen molar-refractivity contribution in [3.63, 3.8) is 0 Å². The van der Waals surface area contributed by atoms with Gasteiger partial charge in [-0.05, 0) is 25.8 Å². The van der Waals surface area contributed by atoms with Crippen LogP contribution in [0.4, 0.5) is 0 Å². The zero-order valence-corrected chi connectivity index (χ0v) is 12.5. The van der Waals surface area contributed by atoms with E-state index in [-0.39, 0.29) is 17.2 Å². The summed E-state index contributed by atoms with van der Waals surface area (Å²) in [4.78, 5) is 26.6. The Balaban J connectivity index is 2.71. The third-order valence-electron chi connectivity index (χ3n) is 2.93. The number of allylic oxidation sites excluding steroid dienone is 4. The highest BCUT2D eigenvalue weighted by Crippen LogP contribution is 2.26. The molecular weight excluding hydrogens is 256 g/mol. The fourth-order valence-corrected chi connectivity index (χ4v) is 1.79. The van der Waals surface area contributed by atoms with E-state index in [0.717, 1.165) is 5.70 Å². The van der Waals surface area contributed by atoms with Crippen molar-refractivity contribution in [2.24, 2.45) is 10.4 Å². The molecule has 1 N–H and O–H groups in total. The zero-order valence-electron chi connectivity index (χ0n) is 12.5. The quantitative estimate of drug-likeness (QED) is 0.371. The van der Waals surface area contributed by atoms with Gasteiger partial charge in [-0.25, -0.2) is 0 Å². The van der Waals surface area contributed by atoms with E-state index in [2.05, 4.69) is 17.0 Å². The van der Waals surface area contributed by atoms with Crippen molar-refractivity contribution in [2.75, 3.05) is 0 Å². The van der Waals surface area contributed by atoms with E-state index in [0.29, 0.717) is 18.6 Å². The molecule has 20 heavy (non-hydrogen) atoms. The predicted molar refractivity (Wildman–Crippen MR) is 78.1 cm³/mol. The molecule has 5 nitrogen and oxygen atoms in total. The molecule has 1 rings (SSSR count). The maximum atomic E-state index is 11.6. The van der Waals surface area contributed by atoms with Crippen molar-refractivity contribution in [3.8, 4) is 0 Å². The number of carbonyl (C=O) groups excluding carboxylic acids is 2. The van der Waals surface area contributed by atoms with Gasteiger partial charge in [0.15, 0.2) is 6.10 Å². The molecule has 1 heterocycles. The SMILES string of the molecule is C=N/C(=C\C=C(/C)OC1CCC(=O)NC1=O)C(C)(C)C. The molecule has 1 atom stereocenters. The fourth-order valence-electron chi connectivity index (χ4n) is 1.79. The lowest BCUT2D eigenvalue weighted by Crippen LogP contribution is -2.44. The number of nitrogens with zero attached hydrogens (tertiary/aromatic N) is 1. The van der Waals surface area contributed by atoms with Gasteiger partial charge in [-0.2, -0.15) is 0 Å². The molecule has 0 saturated carbocycles. The molecule has 2 amide bonds. The van der Waals surface area contributed by atoms with Gasteiger partial charge in [0.05, 0.1) is 5.76 Å². The Hall–Kier alpha value is -1.91. The van der Waals surface area contributed by atoms with Gasteiger partial charge in [-0.15, -0.1) is 0 Å². The highest BCUT2D eigenvalue weighted by atomic mass is 16.5. The molecule has 1 aliphatic heterocycles. The Morgan fingerprint density at radius 2 is 2.05 bits per heavy atom. The second kappa shape index (κ2) is 6.50. The van der Waals surface area contributed by atoms with Crippen LogP contribution in [0.25, 0.3) is 0 Å². The van der Waals surface area contributed by atoms with Crippen LogP contribution in [0, 0.1) is 5.41 Å². The zero-order chi connectivity index (χ0) is 15.3. The van der Waals surface area contributed by atoms with Crippen LogP contribution in [0.2, 0.25) is 0 Å². The first kappa shape index (κ1) is 16.1. The van der Waals surface area contributed by atoms with Crippen LogP contribution in [0.15, 0.2) is 28.6 Å². The average molecular weight is 278 g/mol. The van der Waals surface area contributed by atoms with E-state index in [9.17, 15) is 9.59 Å². The van der Waals surface area contributed by atoms with Crippen LogP contribution in [0.1, 0.15) is 40.5 Å². The Bertz CT molecular complexity index is 470. The Labute approximate surface area is 119 Å². The van der Waals surface area contributed by atoms with Gasteiger partial charge in [-0.1, -0.05) is 20.8 Å². The van der Waals surface area contributed by atoms with E-state index in [1.54, 1.807) is 13.0 Å². The molecule has 1 aliphatic rings. The van der Waals surface area contributed by atoms with E-state index >= 15 is 0 Å². The number of amides is 2. The minimum atomic E-state index is -0.605. The number of hydrogen-bond acceptors (Lipinski definition) is 4. The van der Waals surface area contributed by atoms with Crippen LogP contribution < -0.4 is 5.32 Å². The highest BCUT2D eigenvalue weighted by molar-refractivity contribution is 5.99. The molecule has 0 aromatic heterocycles. The van der Waals surface area contributed by atoms with Crippen molar-refractivity contribution in [3.05, 3.63) is 23.6 Å². The number of imide groups is 1. The summed E-state index contributed by atoms with van der Waals surface area (Å²) in [6, 6.07) is 0. The van der Waals surface area contributed by atoms with Gasteiger partial charge in [0.1, 0.15) is 0 Å². The summed E-state index contributed by atoms with van der Waals surface area (Å²) in [5.74, 6) is -0.0250.